The molecular formula is C10H14ClNO2. The molecule has 0 radical (unpaired) electrons. The van der Waals surface area contributed by atoms with E-state index in [0.29, 0.717) is 29.1 Å². The summed E-state index contributed by atoms with van der Waals surface area (Å²) in [5.41, 5.74) is 6.75. The lowest BCUT2D eigenvalue weighted by Crippen LogP contribution is -2.03. The molecule has 78 valence electrons. The van der Waals surface area contributed by atoms with Gasteiger partial charge in [0.05, 0.1) is 16.8 Å². The maximum Gasteiger partial charge on any atom is 0.0811 e. The summed E-state index contributed by atoms with van der Waals surface area (Å²) in [6.07, 6.45) is 0.384. The van der Waals surface area contributed by atoms with Gasteiger partial charge in [-0.2, -0.15) is 0 Å². The Morgan fingerprint density at radius 1 is 1.43 bits per heavy atom. The van der Waals surface area contributed by atoms with Crippen molar-refractivity contribution in [3.8, 4) is 0 Å². The Kier molecular flexibility index (Phi) is 4.20. The third-order valence-electron chi connectivity index (χ3n) is 2.08. The summed E-state index contributed by atoms with van der Waals surface area (Å²) in [5.74, 6) is 0. The molecule has 0 aliphatic heterocycles. The van der Waals surface area contributed by atoms with E-state index < -0.39 is 6.10 Å². The molecule has 1 unspecified atom stereocenters. The highest BCUT2D eigenvalue weighted by Crippen LogP contribution is 2.29. The Labute approximate surface area is 88.1 Å². The van der Waals surface area contributed by atoms with Crippen molar-refractivity contribution in [1.82, 2.24) is 0 Å². The fourth-order valence-corrected chi connectivity index (χ4v) is 1.47. The van der Waals surface area contributed by atoms with E-state index in [1.165, 1.54) is 0 Å². The molecule has 14 heavy (non-hydrogen) atoms. The van der Waals surface area contributed by atoms with Crippen molar-refractivity contribution in [3.05, 3.63) is 28.8 Å². The quantitative estimate of drug-likeness (QED) is 0.671. The zero-order valence-electron chi connectivity index (χ0n) is 7.78. The minimum atomic E-state index is -0.652. The molecule has 4 N–H and O–H groups in total. The molecule has 0 aliphatic carbocycles. The van der Waals surface area contributed by atoms with Gasteiger partial charge >= 0.3 is 0 Å². The van der Waals surface area contributed by atoms with Crippen molar-refractivity contribution in [2.24, 2.45) is 0 Å². The first kappa shape index (κ1) is 11.3. The summed E-state index contributed by atoms with van der Waals surface area (Å²) < 4.78 is 0. The molecule has 0 aromatic heterocycles. The number of hydrogen-bond donors (Lipinski definition) is 3. The van der Waals surface area contributed by atoms with Crippen molar-refractivity contribution in [3.63, 3.8) is 0 Å². The largest absolute Gasteiger partial charge is 0.397 e. The summed E-state index contributed by atoms with van der Waals surface area (Å²) in [7, 11) is 0. The second-order valence-electron chi connectivity index (χ2n) is 3.12. The Bertz CT molecular complexity index is 304. The van der Waals surface area contributed by atoms with Crippen LogP contribution >= 0.6 is 11.6 Å². The number of nitrogens with two attached hydrogens (primary N) is 1. The molecule has 0 aliphatic rings. The summed E-state index contributed by atoms with van der Waals surface area (Å²) in [6, 6.07) is 5.17. The van der Waals surface area contributed by atoms with E-state index in [0.717, 1.165) is 0 Å². The van der Waals surface area contributed by atoms with Crippen LogP contribution in [0.3, 0.4) is 0 Å². The first-order valence-corrected chi connectivity index (χ1v) is 4.87. The van der Waals surface area contributed by atoms with Gasteiger partial charge in [-0.1, -0.05) is 23.7 Å². The van der Waals surface area contributed by atoms with Crippen molar-refractivity contribution >= 4 is 17.3 Å². The fraction of sp³-hybridized carbons (Fsp3) is 0.400. The molecule has 0 saturated heterocycles. The topological polar surface area (TPSA) is 66.5 Å². The van der Waals surface area contributed by atoms with Gasteiger partial charge < -0.3 is 15.9 Å². The SMILES string of the molecule is Nc1c(Cl)cccc1C(O)CCCO. The number of hydrogen-bond acceptors (Lipinski definition) is 3. The smallest absolute Gasteiger partial charge is 0.0811 e. The molecule has 1 rings (SSSR count). The van der Waals surface area contributed by atoms with Crippen molar-refractivity contribution in [2.45, 2.75) is 18.9 Å². The van der Waals surface area contributed by atoms with Crippen LogP contribution in [0.4, 0.5) is 5.69 Å². The lowest BCUT2D eigenvalue weighted by molar-refractivity contribution is 0.152. The molecule has 0 heterocycles. The van der Waals surface area contributed by atoms with Gasteiger partial charge in [0, 0.05) is 12.2 Å². The molecule has 1 aromatic carbocycles. The molecule has 1 atom stereocenters. The molecule has 0 fully saturated rings. The lowest BCUT2D eigenvalue weighted by atomic mass is 10.0. The van der Waals surface area contributed by atoms with Crippen molar-refractivity contribution in [1.29, 1.82) is 0 Å². The highest BCUT2D eigenvalue weighted by atomic mass is 35.5. The van der Waals surface area contributed by atoms with Crippen molar-refractivity contribution < 1.29 is 10.2 Å². The summed E-state index contributed by atoms with van der Waals surface area (Å²) in [5, 5.41) is 18.8. The van der Waals surface area contributed by atoms with Gasteiger partial charge in [-0.05, 0) is 18.9 Å². The molecule has 0 spiro atoms. The molecule has 4 heteroatoms. The van der Waals surface area contributed by atoms with Gasteiger partial charge in [0.25, 0.3) is 0 Å². The summed E-state index contributed by atoms with van der Waals surface area (Å²) in [6.45, 7) is 0.0670. The monoisotopic (exact) mass is 215 g/mol. The van der Waals surface area contributed by atoms with Gasteiger partial charge in [-0.3, -0.25) is 0 Å². The Hall–Kier alpha value is -0.770. The first-order chi connectivity index (χ1) is 6.66. The second-order valence-corrected chi connectivity index (χ2v) is 3.53. The van der Waals surface area contributed by atoms with Gasteiger partial charge in [-0.25, -0.2) is 0 Å². The van der Waals surface area contributed by atoms with E-state index in [-0.39, 0.29) is 6.61 Å². The van der Waals surface area contributed by atoms with Gasteiger partial charge in [0.15, 0.2) is 0 Å². The maximum atomic E-state index is 9.71. The van der Waals surface area contributed by atoms with Crippen LogP contribution < -0.4 is 5.73 Å². The van der Waals surface area contributed by atoms with Crippen LogP contribution in [0.25, 0.3) is 0 Å². The van der Waals surface area contributed by atoms with E-state index in [1.807, 2.05) is 0 Å². The molecule has 0 bridgehead atoms. The Balaban J connectivity index is 2.79. The van der Waals surface area contributed by atoms with Crippen LogP contribution in [0.15, 0.2) is 18.2 Å². The minimum Gasteiger partial charge on any atom is -0.397 e. The summed E-state index contributed by atoms with van der Waals surface area (Å²) in [4.78, 5) is 0. The standard InChI is InChI=1S/C10H14ClNO2/c11-8-4-1-3-7(10(8)12)9(14)5-2-6-13/h1,3-4,9,13-14H,2,5-6,12H2. The molecular weight excluding hydrogens is 202 g/mol. The number of nitrogen functional groups attached to an aromatic ring is 1. The number of benzene rings is 1. The van der Waals surface area contributed by atoms with Crippen LogP contribution in [-0.2, 0) is 0 Å². The molecule has 3 nitrogen and oxygen atoms in total. The third kappa shape index (κ3) is 2.61. The number of aliphatic hydroxyl groups excluding tert-OH is 2. The second kappa shape index (κ2) is 5.20. The number of para-hydroxylation sites is 1. The fourth-order valence-electron chi connectivity index (χ4n) is 1.28. The normalized spacial score (nSPS) is 12.8. The zero-order valence-corrected chi connectivity index (χ0v) is 8.54. The van der Waals surface area contributed by atoms with Gasteiger partial charge in [0.1, 0.15) is 0 Å². The van der Waals surface area contributed by atoms with E-state index >= 15 is 0 Å². The number of halogens is 1. The van der Waals surface area contributed by atoms with Crippen LogP contribution in [0, 0.1) is 0 Å². The minimum absolute atomic E-state index is 0.0670. The van der Waals surface area contributed by atoms with E-state index in [1.54, 1.807) is 18.2 Å². The average Bonchev–Trinajstić information content (AvgIpc) is 2.18. The Morgan fingerprint density at radius 3 is 2.79 bits per heavy atom. The highest BCUT2D eigenvalue weighted by molar-refractivity contribution is 6.33. The van der Waals surface area contributed by atoms with Crippen LogP contribution in [-0.4, -0.2) is 16.8 Å². The molecule has 0 saturated carbocycles. The van der Waals surface area contributed by atoms with E-state index in [4.69, 9.17) is 22.4 Å². The highest BCUT2D eigenvalue weighted by Gasteiger charge is 2.11. The van der Waals surface area contributed by atoms with E-state index in [9.17, 15) is 5.11 Å². The predicted octanol–water partition coefficient (Wildman–Crippen LogP) is 1.73. The number of anilines is 1. The third-order valence-corrected chi connectivity index (χ3v) is 2.41. The molecule has 1 aromatic rings. The van der Waals surface area contributed by atoms with E-state index in [2.05, 4.69) is 0 Å². The van der Waals surface area contributed by atoms with Crippen molar-refractivity contribution in [2.75, 3.05) is 12.3 Å². The number of rotatable bonds is 4. The number of aliphatic hydroxyl groups is 2. The average molecular weight is 216 g/mol. The van der Waals surface area contributed by atoms with Crippen LogP contribution in [0.2, 0.25) is 5.02 Å². The van der Waals surface area contributed by atoms with Gasteiger partial charge in [0.2, 0.25) is 0 Å². The predicted molar refractivity (Wildman–Crippen MR) is 57.1 cm³/mol. The maximum absolute atomic E-state index is 9.71. The van der Waals surface area contributed by atoms with Crippen LogP contribution in [0.1, 0.15) is 24.5 Å². The van der Waals surface area contributed by atoms with Gasteiger partial charge in [-0.15, -0.1) is 0 Å². The Morgan fingerprint density at radius 2 is 2.14 bits per heavy atom. The lowest BCUT2D eigenvalue weighted by Gasteiger charge is -2.13. The summed E-state index contributed by atoms with van der Waals surface area (Å²) >= 11 is 5.81. The molecule has 0 amide bonds. The van der Waals surface area contributed by atoms with Crippen LogP contribution in [0.5, 0.6) is 0 Å². The first-order valence-electron chi connectivity index (χ1n) is 4.49. The zero-order chi connectivity index (χ0) is 10.6.